The Balaban J connectivity index is 1.59. The lowest BCUT2D eigenvalue weighted by Crippen LogP contribution is -2.20. The van der Waals surface area contributed by atoms with Crippen LogP contribution in [0.25, 0.3) is 4.85 Å². The summed E-state index contributed by atoms with van der Waals surface area (Å²) in [6.07, 6.45) is -4.87. The number of amides is 2. The van der Waals surface area contributed by atoms with Crippen molar-refractivity contribution in [3.05, 3.63) is 95.1 Å². The van der Waals surface area contributed by atoms with Crippen molar-refractivity contribution in [3.63, 3.8) is 0 Å². The number of ether oxygens (including phenoxy) is 1. The minimum Gasteiger partial charge on any atom is -0.457 e. The fraction of sp³-hybridized carbons (Fsp3) is 0.0909. The van der Waals surface area contributed by atoms with Gasteiger partial charge in [-0.15, -0.1) is 0 Å². The van der Waals surface area contributed by atoms with Crippen molar-refractivity contribution >= 4 is 17.4 Å². The van der Waals surface area contributed by atoms with Crippen LogP contribution in [0.3, 0.4) is 0 Å². The lowest BCUT2D eigenvalue weighted by atomic mass is 10.2. The summed E-state index contributed by atoms with van der Waals surface area (Å²) in [5, 5.41) is 4.70. The van der Waals surface area contributed by atoms with Gasteiger partial charge in [0.25, 0.3) is 0 Å². The number of halogens is 4. The number of hydrogen-bond acceptors (Lipinski definition) is 2. The number of nitrogens with zero attached hydrogens (tertiary/aromatic N) is 1. The molecule has 0 radical (unpaired) electrons. The predicted molar refractivity (Wildman–Crippen MR) is 107 cm³/mol. The molecule has 0 saturated heterocycles. The van der Waals surface area contributed by atoms with Crippen molar-refractivity contribution in [1.82, 2.24) is 0 Å². The lowest BCUT2D eigenvalue weighted by Gasteiger charge is -2.12. The molecule has 0 aliphatic heterocycles. The molecular weight excluding hydrogens is 414 g/mol. The summed E-state index contributed by atoms with van der Waals surface area (Å²) >= 11 is 0. The zero-order valence-corrected chi connectivity index (χ0v) is 15.8. The molecule has 0 aliphatic carbocycles. The first-order valence-corrected chi connectivity index (χ1v) is 8.89. The van der Waals surface area contributed by atoms with E-state index >= 15 is 0 Å². The third kappa shape index (κ3) is 5.96. The second-order valence-corrected chi connectivity index (χ2v) is 6.36. The molecule has 31 heavy (non-hydrogen) atoms. The Bertz CT molecular complexity index is 1110. The molecule has 0 heterocycles. The van der Waals surface area contributed by atoms with Crippen molar-refractivity contribution in [1.29, 1.82) is 0 Å². The molecule has 0 atom stereocenters. The lowest BCUT2D eigenvalue weighted by molar-refractivity contribution is -0.139. The SMILES string of the molecule is [C-]#[N+]Cc1ccc(Oc2ccc(NC(=O)Nc3ccc(F)c(C(F)(F)F)c3)cc2)cc1. The van der Waals surface area contributed by atoms with Gasteiger partial charge in [-0.25, -0.2) is 15.8 Å². The van der Waals surface area contributed by atoms with E-state index < -0.39 is 23.6 Å². The van der Waals surface area contributed by atoms with E-state index in [0.29, 0.717) is 29.3 Å². The predicted octanol–water partition coefficient (Wildman–Crippen LogP) is 6.70. The van der Waals surface area contributed by atoms with Gasteiger partial charge in [-0.2, -0.15) is 13.2 Å². The van der Waals surface area contributed by atoms with Crippen LogP contribution < -0.4 is 15.4 Å². The molecule has 158 valence electrons. The normalized spacial score (nSPS) is 10.8. The summed E-state index contributed by atoms with van der Waals surface area (Å²) in [4.78, 5) is 15.3. The summed E-state index contributed by atoms with van der Waals surface area (Å²) in [5.74, 6) is -0.351. The Morgan fingerprint density at radius 2 is 1.45 bits per heavy atom. The van der Waals surface area contributed by atoms with E-state index in [0.717, 1.165) is 11.6 Å². The van der Waals surface area contributed by atoms with Crippen molar-refractivity contribution in [2.24, 2.45) is 0 Å². The number of carbonyl (C=O) groups is 1. The third-order valence-electron chi connectivity index (χ3n) is 4.06. The summed E-state index contributed by atoms with van der Waals surface area (Å²) in [5.41, 5.74) is -0.423. The van der Waals surface area contributed by atoms with Gasteiger partial charge in [-0.1, -0.05) is 0 Å². The zero-order valence-electron chi connectivity index (χ0n) is 15.8. The summed E-state index contributed by atoms with van der Waals surface area (Å²) < 4.78 is 57.3. The number of anilines is 2. The van der Waals surface area contributed by atoms with E-state index in [4.69, 9.17) is 11.3 Å². The Morgan fingerprint density at radius 3 is 2.03 bits per heavy atom. The number of benzene rings is 3. The van der Waals surface area contributed by atoms with Gasteiger partial charge in [0, 0.05) is 16.9 Å². The van der Waals surface area contributed by atoms with E-state index in [1.807, 2.05) is 0 Å². The third-order valence-corrected chi connectivity index (χ3v) is 4.06. The van der Waals surface area contributed by atoms with Crippen molar-refractivity contribution < 1.29 is 27.1 Å². The quantitative estimate of drug-likeness (QED) is 0.350. The largest absolute Gasteiger partial charge is 0.457 e. The molecule has 2 N–H and O–H groups in total. The monoisotopic (exact) mass is 429 g/mol. The van der Waals surface area contributed by atoms with Gasteiger partial charge in [0.15, 0.2) is 0 Å². The van der Waals surface area contributed by atoms with Gasteiger partial charge in [-0.3, -0.25) is 0 Å². The van der Waals surface area contributed by atoms with Crippen molar-refractivity contribution in [3.8, 4) is 11.5 Å². The van der Waals surface area contributed by atoms with E-state index in [2.05, 4.69) is 15.5 Å². The van der Waals surface area contributed by atoms with Crippen LogP contribution in [0.2, 0.25) is 0 Å². The fourth-order valence-corrected chi connectivity index (χ4v) is 2.61. The van der Waals surface area contributed by atoms with Gasteiger partial charge >= 0.3 is 12.2 Å². The zero-order chi connectivity index (χ0) is 22.4. The molecule has 9 heteroatoms. The van der Waals surface area contributed by atoms with Crippen LogP contribution in [0.4, 0.5) is 33.7 Å². The highest BCUT2D eigenvalue weighted by atomic mass is 19.4. The van der Waals surface area contributed by atoms with Gasteiger partial charge < -0.3 is 20.2 Å². The molecule has 5 nitrogen and oxygen atoms in total. The molecule has 0 fully saturated rings. The molecule has 3 rings (SSSR count). The first-order chi connectivity index (χ1) is 14.7. The standard InChI is InChI=1S/C22H15F4N3O2/c1-27-13-14-2-7-17(8-3-14)31-18-9-4-15(5-10-18)28-21(30)29-16-6-11-20(23)19(12-16)22(24,25)26/h2-12H,13H2,(H2,28,29,30). The van der Waals surface area contributed by atoms with Gasteiger partial charge in [0.2, 0.25) is 6.54 Å². The number of rotatable bonds is 5. The molecule has 2 amide bonds. The van der Waals surface area contributed by atoms with E-state index in [1.54, 1.807) is 48.5 Å². The average molecular weight is 429 g/mol. The Morgan fingerprint density at radius 1 is 0.903 bits per heavy atom. The Hall–Kier alpha value is -4.06. The molecule has 3 aromatic rings. The van der Waals surface area contributed by atoms with Crippen LogP contribution in [0, 0.1) is 12.4 Å². The van der Waals surface area contributed by atoms with E-state index in [9.17, 15) is 22.4 Å². The van der Waals surface area contributed by atoms with Crippen LogP contribution in [0.1, 0.15) is 11.1 Å². The molecular formula is C22H15F4N3O2. The number of urea groups is 1. The van der Waals surface area contributed by atoms with Crippen molar-refractivity contribution in [2.45, 2.75) is 12.7 Å². The Labute approximate surface area is 175 Å². The summed E-state index contributed by atoms with van der Waals surface area (Å²) in [6.45, 7) is 7.14. The first-order valence-electron chi connectivity index (χ1n) is 8.89. The highest BCUT2D eigenvalue weighted by molar-refractivity contribution is 5.99. The van der Waals surface area contributed by atoms with Gasteiger partial charge in [0.05, 0.1) is 5.56 Å². The van der Waals surface area contributed by atoms with E-state index in [1.165, 1.54) is 0 Å². The number of hydrogen-bond donors (Lipinski definition) is 2. The smallest absolute Gasteiger partial charge is 0.419 e. The van der Waals surface area contributed by atoms with Crippen LogP contribution in [0.15, 0.2) is 66.7 Å². The van der Waals surface area contributed by atoms with Crippen molar-refractivity contribution in [2.75, 3.05) is 10.6 Å². The number of alkyl halides is 3. The maximum atomic E-state index is 13.3. The molecule has 0 spiro atoms. The highest BCUT2D eigenvalue weighted by Gasteiger charge is 2.34. The fourth-order valence-electron chi connectivity index (χ4n) is 2.61. The number of carbonyl (C=O) groups excluding carboxylic acids is 1. The maximum absolute atomic E-state index is 13.3. The van der Waals surface area contributed by atoms with Gasteiger partial charge in [0.1, 0.15) is 17.3 Å². The average Bonchev–Trinajstić information content (AvgIpc) is 2.72. The van der Waals surface area contributed by atoms with Crippen LogP contribution in [-0.2, 0) is 12.7 Å². The molecule has 0 bridgehead atoms. The maximum Gasteiger partial charge on any atom is 0.419 e. The minimum atomic E-state index is -4.87. The summed E-state index contributed by atoms with van der Waals surface area (Å²) in [6, 6.07) is 14.7. The van der Waals surface area contributed by atoms with Gasteiger partial charge in [-0.05, 0) is 66.7 Å². The number of nitrogens with one attached hydrogen (secondary N) is 2. The second kappa shape index (κ2) is 9.17. The highest BCUT2D eigenvalue weighted by Crippen LogP contribution is 2.33. The van der Waals surface area contributed by atoms with Crippen LogP contribution in [0.5, 0.6) is 11.5 Å². The molecule has 0 aliphatic rings. The topological polar surface area (TPSA) is 54.7 Å². The minimum absolute atomic E-state index is 0.201. The molecule has 3 aromatic carbocycles. The first kappa shape index (κ1) is 21.6. The van der Waals surface area contributed by atoms with Crippen LogP contribution >= 0.6 is 0 Å². The van der Waals surface area contributed by atoms with E-state index in [-0.39, 0.29) is 12.2 Å². The Kier molecular flexibility index (Phi) is 6.40. The second-order valence-electron chi connectivity index (χ2n) is 6.36. The molecule has 0 unspecified atom stereocenters. The molecule has 0 saturated carbocycles. The summed E-state index contributed by atoms with van der Waals surface area (Å²) in [7, 11) is 0. The van der Waals surface area contributed by atoms with Crippen LogP contribution in [-0.4, -0.2) is 6.03 Å². The molecule has 0 aromatic heterocycles.